The van der Waals surface area contributed by atoms with Gasteiger partial charge in [0.1, 0.15) is 35.2 Å². The van der Waals surface area contributed by atoms with Gasteiger partial charge in [-0.25, -0.2) is 9.37 Å². The fourth-order valence-corrected chi connectivity index (χ4v) is 9.00. The number of nitrogens with one attached hydrogen (secondary N) is 2. The third-order valence-corrected chi connectivity index (χ3v) is 12.7. The monoisotopic (exact) mass is 925 g/mol. The molecule has 2 fully saturated rings. The van der Waals surface area contributed by atoms with Crippen LogP contribution in [-0.2, 0) is 52.2 Å². The smallest absolute Gasteiger partial charge is 0.245 e. The van der Waals surface area contributed by atoms with Crippen molar-refractivity contribution in [2.75, 3.05) is 33.8 Å². The van der Waals surface area contributed by atoms with Crippen molar-refractivity contribution < 1.29 is 33.4 Å². The van der Waals surface area contributed by atoms with Gasteiger partial charge in [0, 0.05) is 53.8 Å². The largest absolute Gasteiger partial charge is 0.457 e. The molecule has 5 aromatic rings. The van der Waals surface area contributed by atoms with E-state index in [-0.39, 0.29) is 43.3 Å². The van der Waals surface area contributed by atoms with Crippen molar-refractivity contribution in [1.29, 1.82) is 0 Å². The van der Waals surface area contributed by atoms with Crippen molar-refractivity contribution in [1.82, 2.24) is 34.9 Å². The maximum atomic E-state index is 15.8. The molecule has 65 heavy (non-hydrogen) atoms. The summed E-state index contributed by atoms with van der Waals surface area (Å²) in [5.74, 6) is -2.35. The normalized spacial score (nSPS) is 21.0. The van der Waals surface area contributed by atoms with Gasteiger partial charge in [0.2, 0.25) is 23.6 Å². The van der Waals surface area contributed by atoms with Gasteiger partial charge in [-0.15, -0.1) is 0 Å². The first-order chi connectivity index (χ1) is 31.1. The van der Waals surface area contributed by atoms with E-state index in [1.54, 1.807) is 47.5 Å². The first-order valence-corrected chi connectivity index (χ1v) is 22.4. The van der Waals surface area contributed by atoms with Crippen LogP contribution in [0.4, 0.5) is 4.39 Å². The molecular weight excluding hydrogens is 872 g/mol. The van der Waals surface area contributed by atoms with Crippen LogP contribution >= 0.6 is 23.2 Å². The number of carbonyl (C=O) groups is 4. The highest BCUT2D eigenvalue weighted by Gasteiger charge is 2.43. The van der Waals surface area contributed by atoms with Gasteiger partial charge in [0.05, 0.1) is 43.0 Å². The third-order valence-electron chi connectivity index (χ3n) is 12.2. The molecule has 1 aromatic heterocycles. The van der Waals surface area contributed by atoms with Crippen LogP contribution in [-0.4, -0.2) is 104 Å². The number of aromatic nitrogens is 2. The molecule has 0 radical (unpaired) electrons. The minimum atomic E-state index is -1.37. The van der Waals surface area contributed by atoms with Gasteiger partial charge in [0.25, 0.3) is 0 Å². The van der Waals surface area contributed by atoms with Crippen LogP contribution in [0.25, 0.3) is 11.3 Å². The maximum absolute atomic E-state index is 15.8. The molecule has 4 atom stereocenters. The molecule has 7 rings (SSSR count). The zero-order chi connectivity index (χ0) is 46.4. The number of halogens is 3. The van der Waals surface area contributed by atoms with Gasteiger partial charge >= 0.3 is 0 Å². The highest BCUT2D eigenvalue weighted by Crippen LogP contribution is 2.34. The Kier molecular flexibility index (Phi) is 14.9. The SMILES string of the molecule is C[C@H]1C(=O)N[C@@H](CO)C(=O)N[C@@]2(Cc3ccc(Cl)cc3)CCCN(C2)C(=O)[C@H](Cc2ccccc2)CC(=O)N1Cc1ccc(Cl)cc1Oc1ccc(-c2cnc(CN(C)C)n2C)c(F)c1. The Labute approximate surface area is 388 Å². The summed E-state index contributed by atoms with van der Waals surface area (Å²) in [5.41, 5.74) is 2.11. The number of ether oxygens (including phenoxy) is 1. The van der Waals surface area contributed by atoms with Crippen molar-refractivity contribution in [2.45, 2.75) is 69.7 Å². The summed E-state index contributed by atoms with van der Waals surface area (Å²) in [7, 11) is 5.68. The number of benzene rings is 4. The average Bonchev–Trinajstić information content (AvgIpc) is 3.63. The first kappa shape index (κ1) is 47.2. The maximum Gasteiger partial charge on any atom is 0.245 e. The Morgan fingerprint density at radius 3 is 2.38 bits per heavy atom. The first-order valence-electron chi connectivity index (χ1n) is 21.6. The van der Waals surface area contributed by atoms with Gasteiger partial charge in [-0.3, -0.25) is 19.2 Å². The number of amides is 4. The van der Waals surface area contributed by atoms with Crippen molar-refractivity contribution in [2.24, 2.45) is 13.0 Å². The summed E-state index contributed by atoms with van der Waals surface area (Å²) in [6.45, 7) is 1.72. The number of hydrogen-bond donors (Lipinski definition) is 3. The van der Waals surface area contributed by atoms with Crippen LogP contribution < -0.4 is 15.4 Å². The summed E-state index contributed by atoms with van der Waals surface area (Å²) in [6.07, 6.45) is 3.04. The summed E-state index contributed by atoms with van der Waals surface area (Å²) in [4.78, 5) is 67.5. The van der Waals surface area contributed by atoms with E-state index in [0.717, 1.165) is 17.0 Å². The second-order valence-electron chi connectivity index (χ2n) is 17.3. The summed E-state index contributed by atoms with van der Waals surface area (Å²) in [6, 6.07) is 23.4. The van der Waals surface area contributed by atoms with E-state index >= 15 is 4.39 Å². The van der Waals surface area contributed by atoms with E-state index in [1.807, 2.05) is 73.1 Å². The molecule has 4 amide bonds. The zero-order valence-electron chi connectivity index (χ0n) is 36.9. The number of nitrogens with zero attached hydrogens (tertiary/aromatic N) is 5. The van der Waals surface area contributed by atoms with Gasteiger partial charge in [0.15, 0.2) is 0 Å². The standard InChI is InChI=1S/C49H54Cl2FN7O6/c1-31-46(62)54-41(29-60)47(63)55-49(25-33-11-14-36(50)15-12-33)19-8-20-58(30-49)48(64)35(21-32-9-6-5-7-10-32)22-45(61)59(31)27-34-13-16-37(51)23-43(34)65-38-17-18-39(40(52)24-38)42-26-53-44(57(42)4)28-56(2)3/h5-7,9-18,23-24,26,31,35,41,60H,8,19-22,25,27-30H2,1-4H3,(H,54,62)(H,55,63)/t31-,35+,41-,49+/m0/s1. The lowest BCUT2D eigenvalue weighted by Crippen LogP contribution is -2.65. The lowest BCUT2D eigenvalue weighted by atomic mass is 9.81. The van der Waals surface area contributed by atoms with Crippen LogP contribution in [0.2, 0.25) is 10.0 Å². The zero-order valence-corrected chi connectivity index (χ0v) is 38.4. The number of rotatable bonds is 12. The summed E-state index contributed by atoms with van der Waals surface area (Å²) < 4.78 is 24.0. The number of carbonyl (C=O) groups excluding carboxylic acids is 4. The number of imidazole rings is 1. The predicted molar refractivity (Wildman–Crippen MR) is 247 cm³/mol. The number of aliphatic hydroxyl groups is 1. The summed E-state index contributed by atoms with van der Waals surface area (Å²) in [5, 5.41) is 17.2. The van der Waals surface area contributed by atoms with Gasteiger partial charge in [-0.2, -0.15) is 0 Å². The molecule has 2 bridgehead atoms. The molecule has 2 saturated heterocycles. The molecule has 2 aliphatic heterocycles. The van der Waals surface area contributed by atoms with Crippen LogP contribution in [0.3, 0.4) is 0 Å². The van der Waals surface area contributed by atoms with Gasteiger partial charge in [-0.05, 0) is 94.2 Å². The Balaban J connectivity index is 1.22. The molecule has 16 heteroatoms. The molecule has 342 valence electrons. The van der Waals surface area contributed by atoms with Crippen LogP contribution in [0.1, 0.15) is 48.7 Å². The second-order valence-corrected chi connectivity index (χ2v) is 18.2. The molecular formula is C49H54Cl2FN7O6. The Hall–Kier alpha value is -5.80. The predicted octanol–water partition coefficient (Wildman–Crippen LogP) is 6.56. The van der Waals surface area contributed by atoms with Gasteiger partial charge in [-0.1, -0.05) is 71.7 Å². The third kappa shape index (κ3) is 11.4. The number of piperidine rings is 1. The Bertz CT molecular complexity index is 2520. The minimum absolute atomic E-state index is 0.137. The van der Waals surface area contributed by atoms with E-state index < -0.39 is 53.7 Å². The van der Waals surface area contributed by atoms with Gasteiger partial charge < -0.3 is 39.7 Å². The molecule has 3 N–H and O–H groups in total. The van der Waals surface area contributed by atoms with Crippen LogP contribution in [0.15, 0.2) is 97.2 Å². The molecule has 2 aliphatic rings. The molecule has 0 aliphatic carbocycles. The van der Waals surface area contributed by atoms with E-state index in [2.05, 4.69) is 15.6 Å². The molecule has 0 unspecified atom stereocenters. The molecule has 0 spiro atoms. The number of aliphatic hydroxyl groups excluding tert-OH is 1. The van der Waals surface area contributed by atoms with Crippen molar-refractivity contribution >= 4 is 46.8 Å². The average molecular weight is 927 g/mol. The number of hydrogen-bond acceptors (Lipinski definition) is 8. The topological polar surface area (TPSA) is 149 Å². The van der Waals surface area contributed by atoms with Crippen molar-refractivity contribution in [3.05, 3.63) is 136 Å². The van der Waals surface area contributed by atoms with E-state index in [9.17, 15) is 24.3 Å². The number of fused-ring (bicyclic) bond motifs is 2. The molecule has 3 heterocycles. The lowest BCUT2D eigenvalue weighted by Gasteiger charge is -2.45. The van der Waals surface area contributed by atoms with E-state index in [1.165, 1.54) is 24.0 Å². The Morgan fingerprint density at radius 2 is 1.68 bits per heavy atom. The van der Waals surface area contributed by atoms with E-state index in [4.69, 9.17) is 27.9 Å². The molecule has 4 aromatic carbocycles. The van der Waals surface area contributed by atoms with Crippen molar-refractivity contribution in [3.63, 3.8) is 0 Å². The second kappa shape index (κ2) is 20.6. The fraction of sp³-hybridized carbons (Fsp3) is 0.367. The van der Waals surface area contributed by atoms with E-state index in [0.29, 0.717) is 59.2 Å². The molecule has 13 nitrogen and oxygen atoms in total. The van der Waals surface area contributed by atoms with Crippen LogP contribution in [0, 0.1) is 11.7 Å². The van der Waals surface area contributed by atoms with Crippen LogP contribution in [0.5, 0.6) is 11.5 Å². The highest BCUT2D eigenvalue weighted by molar-refractivity contribution is 6.31. The summed E-state index contributed by atoms with van der Waals surface area (Å²) >= 11 is 12.7. The quantitative estimate of drug-likeness (QED) is 0.127. The molecule has 0 saturated carbocycles. The highest BCUT2D eigenvalue weighted by atomic mass is 35.5. The van der Waals surface area contributed by atoms with Crippen molar-refractivity contribution in [3.8, 4) is 22.8 Å². The Morgan fingerprint density at radius 1 is 0.938 bits per heavy atom. The fourth-order valence-electron chi connectivity index (χ4n) is 8.71. The minimum Gasteiger partial charge on any atom is -0.457 e. The lowest BCUT2D eigenvalue weighted by molar-refractivity contribution is -0.147.